The fraction of sp³-hybridized carbons (Fsp3) is 0.467. The summed E-state index contributed by atoms with van der Waals surface area (Å²) in [6.45, 7) is 4.82. The summed E-state index contributed by atoms with van der Waals surface area (Å²) in [6, 6.07) is 8.50. The van der Waals surface area contributed by atoms with E-state index in [4.69, 9.17) is 5.73 Å². The lowest BCUT2D eigenvalue weighted by Gasteiger charge is -2.09. The Hall–Kier alpha value is -1.53. The zero-order valence-electron chi connectivity index (χ0n) is 12.5. The first-order valence-electron chi connectivity index (χ1n) is 7.31. The lowest BCUT2D eigenvalue weighted by molar-refractivity contribution is 0.604. The van der Waals surface area contributed by atoms with Crippen molar-refractivity contribution in [3.8, 4) is 0 Å². The Morgan fingerprint density at radius 3 is 2.67 bits per heavy atom. The highest BCUT2D eigenvalue weighted by Gasteiger charge is 2.09. The molecular weight excluding hydrogens is 284 g/mol. The lowest BCUT2D eigenvalue weighted by atomic mass is 10.1. The van der Waals surface area contributed by atoms with Crippen molar-refractivity contribution in [2.75, 3.05) is 0 Å². The van der Waals surface area contributed by atoms with Crippen LogP contribution < -0.4 is 11.4 Å². The fourth-order valence-corrected chi connectivity index (χ4v) is 2.91. The van der Waals surface area contributed by atoms with Crippen molar-refractivity contribution in [1.82, 2.24) is 14.8 Å². The van der Waals surface area contributed by atoms with Gasteiger partial charge in [-0.1, -0.05) is 26.0 Å². The van der Waals surface area contributed by atoms with Gasteiger partial charge < -0.3 is 5.73 Å². The number of aromatic amines is 1. The molecule has 114 valence electrons. The molecule has 6 heteroatoms. The second-order valence-electron chi connectivity index (χ2n) is 5.08. The highest BCUT2D eigenvalue weighted by atomic mass is 32.2. The average molecular weight is 306 g/mol. The van der Waals surface area contributed by atoms with Gasteiger partial charge in [-0.05, 0) is 48.7 Å². The molecule has 5 nitrogen and oxygen atoms in total. The Labute approximate surface area is 128 Å². The zero-order valence-corrected chi connectivity index (χ0v) is 13.3. The minimum atomic E-state index is -0.148. The fourth-order valence-electron chi connectivity index (χ4n) is 2.05. The zero-order chi connectivity index (χ0) is 15.2. The third kappa shape index (κ3) is 4.22. The minimum Gasteiger partial charge on any atom is -0.327 e. The molecule has 0 saturated carbocycles. The largest absolute Gasteiger partial charge is 0.343 e. The minimum absolute atomic E-state index is 0.148. The Morgan fingerprint density at radius 2 is 2.05 bits per heavy atom. The molecule has 1 unspecified atom stereocenters. The van der Waals surface area contributed by atoms with E-state index in [2.05, 4.69) is 41.4 Å². The van der Waals surface area contributed by atoms with Crippen molar-refractivity contribution in [2.24, 2.45) is 5.73 Å². The topological polar surface area (TPSA) is 76.7 Å². The summed E-state index contributed by atoms with van der Waals surface area (Å²) in [5, 5.41) is 7.30. The summed E-state index contributed by atoms with van der Waals surface area (Å²) in [5.74, 6) is 0. The second-order valence-corrected chi connectivity index (χ2v) is 6.12. The maximum absolute atomic E-state index is 11.6. The van der Waals surface area contributed by atoms with Crippen LogP contribution in [0.4, 0.5) is 0 Å². The molecule has 21 heavy (non-hydrogen) atoms. The van der Waals surface area contributed by atoms with E-state index < -0.39 is 0 Å². The van der Waals surface area contributed by atoms with Crippen LogP contribution in [0.1, 0.15) is 32.3 Å². The van der Waals surface area contributed by atoms with Gasteiger partial charge in [-0.25, -0.2) is 9.89 Å². The number of rotatable bonds is 7. The highest BCUT2D eigenvalue weighted by molar-refractivity contribution is 7.99. The van der Waals surface area contributed by atoms with Crippen molar-refractivity contribution in [3.05, 3.63) is 40.3 Å². The summed E-state index contributed by atoms with van der Waals surface area (Å²) in [6.07, 6.45) is 2.78. The maximum atomic E-state index is 11.6. The van der Waals surface area contributed by atoms with Gasteiger partial charge in [-0.3, -0.25) is 4.57 Å². The number of nitrogens with two attached hydrogens (primary N) is 1. The molecule has 0 aliphatic rings. The number of nitrogens with zero attached hydrogens (tertiary/aromatic N) is 2. The smallest absolute Gasteiger partial charge is 0.327 e. The normalized spacial score (nSPS) is 12.5. The molecule has 1 atom stereocenters. The lowest BCUT2D eigenvalue weighted by Crippen LogP contribution is -2.21. The van der Waals surface area contributed by atoms with E-state index >= 15 is 0 Å². The summed E-state index contributed by atoms with van der Waals surface area (Å²) < 4.78 is 1.67. The number of benzene rings is 1. The quantitative estimate of drug-likeness (QED) is 0.823. The van der Waals surface area contributed by atoms with Gasteiger partial charge in [0.2, 0.25) is 0 Å². The van der Waals surface area contributed by atoms with E-state index in [1.165, 1.54) is 17.3 Å². The molecule has 0 radical (unpaired) electrons. The van der Waals surface area contributed by atoms with Crippen LogP contribution >= 0.6 is 11.8 Å². The van der Waals surface area contributed by atoms with Crippen LogP contribution in [0.3, 0.4) is 0 Å². The van der Waals surface area contributed by atoms with Crippen molar-refractivity contribution < 1.29 is 0 Å². The Bertz CT molecular complexity index is 617. The standard InChI is InChI=1S/C15H22N4OS/c1-3-9-19-14(20)17-18-15(19)21-13-7-5-11(6-8-13)10-12(16)4-2/h5-8,12H,3-4,9-10,16H2,1-2H3,(H,17,20). The van der Waals surface area contributed by atoms with Gasteiger partial charge in [0.1, 0.15) is 0 Å². The van der Waals surface area contributed by atoms with Gasteiger partial charge >= 0.3 is 5.69 Å². The SMILES string of the molecule is CCCn1c(Sc2ccc(CC(N)CC)cc2)n[nH]c1=O. The first kappa shape index (κ1) is 15.9. The first-order chi connectivity index (χ1) is 10.1. The van der Waals surface area contributed by atoms with Crippen molar-refractivity contribution in [3.63, 3.8) is 0 Å². The van der Waals surface area contributed by atoms with Crippen molar-refractivity contribution in [2.45, 2.75) is 55.7 Å². The molecule has 1 aromatic heterocycles. The molecule has 2 aromatic rings. The Balaban J connectivity index is 2.08. The van der Waals surface area contributed by atoms with Crippen LogP contribution in [0.5, 0.6) is 0 Å². The number of hydrogen-bond acceptors (Lipinski definition) is 4. The van der Waals surface area contributed by atoms with Crippen LogP contribution in [0.25, 0.3) is 0 Å². The van der Waals surface area contributed by atoms with E-state index in [9.17, 15) is 4.79 Å². The molecule has 2 rings (SSSR count). The highest BCUT2D eigenvalue weighted by Crippen LogP contribution is 2.25. The monoisotopic (exact) mass is 306 g/mol. The molecule has 3 N–H and O–H groups in total. The maximum Gasteiger partial charge on any atom is 0.343 e. The summed E-state index contributed by atoms with van der Waals surface area (Å²) in [5.41, 5.74) is 7.05. The van der Waals surface area contributed by atoms with Crippen LogP contribution in [0.2, 0.25) is 0 Å². The Morgan fingerprint density at radius 1 is 1.33 bits per heavy atom. The molecule has 0 amide bonds. The van der Waals surface area contributed by atoms with Crippen molar-refractivity contribution >= 4 is 11.8 Å². The molecule has 0 bridgehead atoms. The van der Waals surface area contributed by atoms with Gasteiger partial charge in [-0.2, -0.15) is 0 Å². The molecule has 0 fully saturated rings. The van der Waals surface area contributed by atoms with E-state index in [1.54, 1.807) is 4.57 Å². The van der Waals surface area contributed by atoms with Gasteiger partial charge in [0, 0.05) is 17.5 Å². The van der Waals surface area contributed by atoms with Gasteiger partial charge in [0.25, 0.3) is 0 Å². The van der Waals surface area contributed by atoms with Crippen LogP contribution in [-0.4, -0.2) is 20.8 Å². The van der Waals surface area contributed by atoms with Gasteiger partial charge in [0.15, 0.2) is 5.16 Å². The number of nitrogens with one attached hydrogen (secondary N) is 1. The second kappa shape index (κ2) is 7.47. The summed E-state index contributed by atoms with van der Waals surface area (Å²) >= 11 is 1.50. The van der Waals surface area contributed by atoms with Crippen LogP contribution in [0.15, 0.2) is 39.1 Å². The number of H-pyrrole nitrogens is 1. The predicted molar refractivity (Wildman–Crippen MR) is 85.7 cm³/mol. The van der Waals surface area contributed by atoms with E-state index in [-0.39, 0.29) is 11.7 Å². The molecule has 0 aliphatic carbocycles. The van der Waals surface area contributed by atoms with Crippen LogP contribution in [-0.2, 0) is 13.0 Å². The molecule has 0 spiro atoms. The summed E-state index contributed by atoms with van der Waals surface area (Å²) in [4.78, 5) is 12.7. The van der Waals surface area contributed by atoms with E-state index in [1.807, 2.05) is 6.92 Å². The predicted octanol–water partition coefficient (Wildman–Crippen LogP) is 2.41. The molecule has 0 saturated heterocycles. The summed E-state index contributed by atoms with van der Waals surface area (Å²) in [7, 11) is 0. The molecular formula is C15H22N4OS. The van der Waals surface area contributed by atoms with Gasteiger partial charge in [-0.15, -0.1) is 5.10 Å². The van der Waals surface area contributed by atoms with E-state index in [0.29, 0.717) is 11.7 Å². The first-order valence-corrected chi connectivity index (χ1v) is 8.13. The Kier molecular flexibility index (Phi) is 5.64. The molecule has 1 heterocycles. The average Bonchev–Trinajstić information content (AvgIpc) is 2.82. The van der Waals surface area contributed by atoms with E-state index in [0.717, 1.165) is 24.2 Å². The molecule has 0 aliphatic heterocycles. The van der Waals surface area contributed by atoms with Crippen LogP contribution in [0, 0.1) is 0 Å². The third-order valence-electron chi connectivity index (χ3n) is 3.33. The number of aromatic nitrogens is 3. The molecule has 1 aromatic carbocycles. The number of hydrogen-bond donors (Lipinski definition) is 2. The van der Waals surface area contributed by atoms with Crippen molar-refractivity contribution in [1.29, 1.82) is 0 Å². The third-order valence-corrected chi connectivity index (χ3v) is 4.33. The van der Waals surface area contributed by atoms with Gasteiger partial charge in [0.05, 0.1) is 0 Å².